The Morgan fingerprint density at radius 2 is 2.30 bits per heavy atom. The van der Waals surface area contributed by atoms with Gasteiger partial charge in [-0.3, -0.25) is 10.1 Å². The van der Waals surface area contributed by atoms with E-state index in [1.165, 1.54) is 4.68 Å². The normalized spacial score (nSPS) is 10.7. The van der Waals surface area contributed by atoms with E-state index in [1.807, 2.05) is 6.92 Å². The molecule has 0 amide bonds. The minimum absolute atomic E-state index is 0.104. The molecule has 20 heavy (non-hydrogen) atoms. The van der Waals surface area contributed by atoms with Crippen molar-refractivity contribution in [2.45, 2.75) is 20.0 Å². The van der Waals surface area contributed by atoms with Crippen LogP contribution in [0.2, 0.25) is 0 Å². The van der Waals surface area contributed by atoms with Crippen LogP contribution in [0.1, 0.15) is 18.2 Å². The molecule has 8 heteroatoms. The van der Waals surface area contributed by atoms with Crippen LogP contribution in [0.4, 0.5) is 10.1 Å². The minimum atomic E-state index is -0.536. The second-order valence-electron chi connectivity index (χ2n) is 4.22. The van der Waals surface area contributed by atoms with Gasteiger partial charge < -0.3 is 5.32 Å². The summed E-state index contributed by atoms with van der Waals surface area (Å²) in [6, 6.07) is 3.37. The Kier molecular flexibility index (Phi) is 4.36. The molecule has 7 nitrogen and oxygen atoms in total. The fourth-order valence-electron chi connectivity index (χ4n) is 1.78. The maximum atomic E-state index is 13.2. The predicted octanol–water partition coefficient (Wildman–Crippen LogP) is 1.48. The summed E-state index contributed by atoms with van der Waals surface area (Å²) in [6.07, 6.45) is 1.68. The van der Waals surface area contributed by atoms with Crippen LogP contribution in [-0.2, 0) is 13.1 Å². The molecule has 0 spiro atoms. The van der Waals surface area contributed by atoms with Crippen molar-refractivity contribution in [3.05, 3.63) is 51.6 Å². The summed E-state index contributed by atoms with van der Waals surface area (Å²) in [5.41, 5.74) is 0.857. The van der Waals surface area contributed by atoms with Gasteiger partial charge in [0, 0.05) is 12.6 Å². The number of nitrogens with one attached hydrogen (secondary N) is 1. The minimum Gasteiger partial charge on any atom is -0.311 e. The predicted molar refractivity (Wildman–Crippen MR) is 69.6 cm³/mol. The Balaban J connectivity index is 2.19. The fourth-order valence-corrected chi connectivity index (χ4v) is 1.78. The lowest BCUT2D eigenvalue weighted by atomic mass is 10.2. The molecule has 1 heterocycles. The van der Waals surface area contributed by atoms with Gasteiger partial charge in [-0.25, -0.2) is 9.07 Å². The van der Waals surface area contributed by atoms with Crippen LogP contribution in [0.3, 0.4) is 0 Å². The Labute approximate surface area is 114 Å². The number of nitrogens with zero attached hydrogens (tertiary/aromatic N) is 4. The van der Waals surface area contributed by atoms with Crippen LogP contribution in [0.15, 0.2) is 24.4 Å². The highest BCUT2D eigenvalue weighted by Gasteiger charge is 2.15. The van der Waals surface area contributed by atoms with Crippen molar-refractivity contribution in [1.82, 2.24) is 20.3 Å². The van der Waals surface area contributed by atoms with Gasteiger partial charge in [-0.15, -0.1) is 5.10 Å². The lowest BCUT2D eigenvalue weighted by Gasteiger charge is -2.02. The molecule has 0 atom stereocenters. The second kappa shape index (κ2) is 6.20. The van der Waals surface area contributed by atoms with E-state index in [9.17, 15) is 14.5 Å². The lowest BCUT2D eigenvalue weighted by Crippen LogP contribution is -2.11. The molecule has 2 aromatic rings. The maximum absolute atomic E-state index is 13.2. The van der Waals surface area contributed by atoms with E-state index in [4.69, 9.17) is 0 Å². The number of aromatic nitrogens is 3. The van der Waals surface area contributed by atoms with Crippen LogP contribution in [0.25, 0.3) is 0 Å². The molecular formula is C12H14FN5O2. The first-order chi connectivity index (χ1) is 9.60. The molecule has 106 valence electrons. The van der Waals surface area contributed by atoms with Crippen molar-refractivity contribution in [3.63, 3.8) is 0 Å². The number of rotatable bonds is 6. The highest BCUT2D eigenvalue weighted by molar-refractivity contribution is 5.40. The van der Waals surface area contributed by atoms with Crippen LogP contribution in [0.5, 0.6) is 0 Å². The van der Waals surface area contributed by atoms with E-state index >= 15 is 0 Å². The van der Waals surface area contributed by atoms with Crippen LogP contribution in [0, 0.1) is 15.9 Å². The summed E-state index contributed by atoms with van der Waals surface area (Å²) >= 11 is 0. The standard InChI is InChI=1S/C12H14FN5O2/c1-2-14-6-11-8-17(16-15-11)7-9-5-10(13)3-4-12(9)18(19)20/h3-5,8,14H,2,6-7H2,1H3. The van der Waals surface area contributed by atoms with E-state index in [-0.39, 0.29) is 17.8 Å². The Morgan fingerprint density at radius 1 is 1.50 bits per heavy atom. The van der Waals surface area contributed by atoms with Gasteiger partial charge in [0.05, 0.1) is 28.9 Å². The van der Waals surface area contributed by atoms with E-state index in [1.54, 1.807) is 6.20 Å². The third kappa shape index (κ3) is 3.35. The molecule has 0 saturated heterocycles. The zero-order chi connectivity index (χ0) is 14.5. The maximum Gasteiger partial charge on any atom is 0.274 e. The number of benzene rings is 1. The molecule has 0 aliphatic carbocycles. The molecule has 0 radical (unpaired) electrons. The largest absolute Gasteiger partial charge is 0.311 e. The van der Waals surface area contributed by atoms with Crippen LogP contribution < -0.4 is 5.32 Å². The highest BCUT2D eigenvalue weighted by Crippen LogP contribution is 2.20. The molecule has 1 aromatic carbocycles. The molecule has 0 unspecified atom stereocenters. The average Bonchev–Trinajstić information content (AvgIpc) is 2.83. The van der Waals surface area contributed by atoms with E-state index in [0.29, 0.717) is 6.54 Å². The third-order valence-electron chi connectivity index (χ3n) is 2.71. The summed E-state index contributed by atoms with van der Waals surface area (Å²) in [6.45, 7) is 3.46. The summed E-state index contributed by atoms with van der Waals surface area (Å²) in [4.78, 5) is 10.4. The SMILES string of the molecule is CCNCc1cn(Cc2cc(F)ccc2[N+](=O)[O-])nn1. The molecule has 0 aliphatic heterocycles. The number of nitro benzene ring substituents is 1. The van der Waals surface area contributed by atoms with Crippen molar-refractivity contribution >= 4 is 5.69 Å². The monoisotopic (exact) mass is 279 g/mol. The zero-order valence-corrected chi connectivity index (χ0v) is 10.9. The molecule has 0 fully saturated rings. The van der Waals surface area contributed by atoms with E-state index in [2.05, 4.69) is 15.6 Å². The number of hydrogen-bond acceptors (Lipinski definition) is 5. The van der Waals surface area contributed by atoms with Gasteiger partial charge in [0.25, 0.3) is 5.69 Å². The number of halogens is 1. The first kappa shape index (κ1) is 14.1. The van der Waals surface area contributed by atoms with Crippen molar-refractivity contribution in [2.24, 2.45) is 0 Å². The molecular weight excluding hydrogens is 265 g/mol. The lowest BCUT2D eigenvalue weighted by molar-refractivity contribution is -0.385. The Hall–Kier alpha value is -2.35. The molecule has 0 saturated carbocycles. The van der Waals surface area contributed by atoms with Gasteiger partial charge >= 0.3 is 0 Å². The topological polar surface area (TPSA) is 85.9 Å². The molecule has 1 aromatic heterocycles. The number of nitro groups is 1. The summed E-state index contributed by atoms with van der Waals surface area (Å²) in [5.74, 6) is -0.515. The highest BCUT2D eigenvalue weighted by atomic mass is 19.1. The van der Waals surface area contributed by atoms with Crippen molar-refractivity contribution in [3.8, 4) is 0 Å². The summed E-state index contributed by atoms with van der Waals surface area (Å²) in [5, 5.41) is 21.8. The molecule has 2 rings (SSSR count). The van der Waals surface area contributed by atoms with Gasteiger partial charge in [-0.05, 0) is 18.7 Å². The Bertz CT molecular complexity index is 614. The number of hydrogen-bond donors (Lipinski definition) is 1. The zero-order valence-electron chi connectivity index (χ0n) is 10.9. The van der Waals surface area contributed by atoms with Crippen molar-refractivity contribution < 1.29 is 9.31 Å². The smallest absolute Gasteiger partial charge is 0.274 e. The van der Waals surface area contributed by atoms with Gasteiger partial charge in [-0.2, -0.15) is 0 Å². The van der Waals surface area contributed by atoms with Gasteiger partial charge in [0.15, 0.2) is 0 Å². The van der Waals surface area contributed by atoms with Crippen LogP contribution in [-0.4, -0.2) is 26.5 Å². The third-order valence-corrected chi connectivity index (χ3v) is 2.71. The second-order valence-corrected chi connectivity index (χ2v) is 4.22. The fraction of sp³-hybridized carbons (Fsp3) is 0.333. The average molecular weight is 279 g/mol. The Morgan fingerprint density at radius 3 is 3.00 bits per heavy atom. The molecule has 0 bridgehead atoms. The molecule has 0 aliphatic rings. The van der Waals surface area contributed by atoms with Gasteiger partial charge in [-0.1, -0.05) is 12.1 Å². The summed E-state index contributed by atoms with van der Waals surface area (Å²) < 4.78 is 14.7. The molecule has 1 N–H and O–H groups in total. The quantitative estimate of drug-likeness (QED) is 0.639. The van der Waals surface area contributed by atoms with Gasteiger partial charge in [0.1, 0.15) is 5.82 Å². The van der Waals surface area contributed by atoms with E-state index < -0.39 is 10.7 Å². The van der Waals surface area contributed by atoms with Gasteiger partial charge in [0.2, 0.25) is 0 Å². The van der Waals surface area contributed by atoms with Crippen molar-refractivity contribution in [2.75, 3.05) is 6.54 Å². The van der Waals surface area contributed by atoms with E-state index in [0.717, 1.165) is 30.4 Å². The van der Waals surface area contributed by atoms with Crippen LogP contribution >= 0.6 is 0 Å². The summed E-state index contributed by atoms with van der Waals surface area (Å²) in [7, 11) is 0. The first-order valence-electron chi connectivity index (χ1n) is 6.12. The van der Waals surface area contributed by atoms with Crippen molar-refractivity contribution in [1.29, 1.82) is 0 Å². The first-order valence-corrected chi connectivity index (χ1v) is 6.12.